The highest BCUT2D eigenvalue weighted by Crippen LogP contribution is 2.10. The van der Waals surface area contributed by atoms with Gasteiger partial charge >= 0.3 is 11.9 Å². The molecule has 298 valence electrons. The molecule has 0 radical (unpaired) electrons. The molecule has 0 aromatic heterocycles. The average molecular weight is 725 g/mol. The summed E-state index contributed by atoms with van der Waals surface area (Å²) in [5.74, 6) is -0.293. The van der Waals surface area contributed by atoms with Crippen molar-refractivity contribution in [2.75, 3.05) is 53.5 Å². The normalized spacial score (nSPS) is 12.5. The maximum absolute atomic E-state index is 12.4. The Morgan fingerprint density at radius 3 is 1.15 bits per heavy atom. The predicted molar refractivity (Wildman–Crippen MR) is 225 cm³/mol. The zero-order valence-electron chi connectivity index (χ0n) is 34.3. The van der Waals surface area contributed by atoms with Crippen LogP contribution in [0.15, 0.2) is 72.9 Å². The minimum Gasteiger partial charge on any atom is -0.466 e. The van der Waals surface area contributed by atoms with Gasteiger partial charge in [0.15, 0.2) is 0 Å². The van der Waals surface area contributed by atoms with E-state index in [0.717, 1.165) is 90.1 Å². The number of likely N-dealkylation sites (N-methyl/N-ethyl adjacent to an activating group) is 1. The first-order valence-corrected chi connectivity index (χ1v) is 21.1. The van der Waals surface area contributed by atoms with Gasteiger partial charge in [-0.3, -0.25) is 9.59 Å². The number of nitrogens with zero attached hydrogens (tertiary/aromatic N) is 2. The molecule has 0 heterocycles. The molecule has 0 spiro atoms. The van der Waals surface area contributed by atoms with Crippen LogP contribution in [0.1, 0.15) is 155 Å². The maximum Gasteiger partial charge on any atom is 0.307 e. The van der Waals surface area contributed by atoms with E-state index in [1.54, 1.807) is 0 Å². The third-order valence-electron chi connectivity index (χ3n) is 8.74. The Morgan fingerprint density at radius 1 is 0.423 bits per heavy atom. The number of unbranched alkanes of at least 4 members (excludes halogenated alkanes) is 12. The van der Waals surface area contributed by atoms with E-state index in [2.05, 4.69) is 96.6 Å². The van der Waals surface area contributed by atoms with Crippen LogP contribution in [-0.4, -0.2) is 75.2 Å². The molecule has 0 saturated carbocycles. The molecule has 52 heavy (non-hydrogen) atoms. The molecule has 0 amide bonds. The van der Waals surface area contributed by atoms with E-state index in [-0.39, 0.29) is 11.9 Å². The van der Waals surface area contributed by atoms with Crippen molar-refractivity contribution >= 4 is 11.9 Å². The SMILES string of the molecule is CC/C=C\C/C=C\C/C=C\CCCCCCCCOC(=O)CCN(CCC(=O)OCCCCCCCC/C=C\C/C=C\C/C=C\CC)CCN(C)C. The summed E-state index contributed by atoms with van der Waals surface area (Å²) >= 11 is 0. The molecular weight excluding hydrogens is 645 g/mol. The summed E-state index contributed by atoms with van der Waals surface area (Å²) in [6.07, 6.45) is 50.2. The van der Waals surface area contributed by atoms with Gasteiger partial charge in [-0.2, -0.15) is 0 Å². The molecular formula is C46H80N2O4. The van der Waals surface area contributed by atoms with Gasteiger partial charge in [-0.1, -0.05) is 138 Å². The van der Waals surface area contributed by atoms with Gasteiger partial charge in [0.1, 0.15) is 0 Å². The van der Waals surface area contributed by atoms with Crippen molar-refractivity contribution in [3.8, 4) is 0 Å². The van der Waals surface area contributed by atoms with Gasteiger partial charge in [-0.05, 0) is 91.1 Å². The second-order valence-corrected chi connectivity index (χ2v) is 14.0. The number of allylic oxidation sites excluding steroid dienone is 12. The second-order valence-electron chi connectivity index (χ2n) is 14.0. The van der Waals surface area contributed by atoms with Crippen LogP contribution in [0, 0.1) is 0 Å². The lowest BCUT2D eigenvalue weighted by molar-refractivity contribution is -0.144. The minimum absolute atomic E-state index is 0.146. The van der Waals surface area contributed by atoms with Gasteiger partial charge in [0.05, 0.1) is 26.1 Å². The molecule has 0 aromatic carbocycles. The highest BCUT2D eigenvalue weighted by molar-refractivity contribution is 5.70. The molecule has 0 aliphatic carbocycles. The van der Waals surface area contributed by atoms with Gasteiger partial charge < -0.3 is 19.3 Å². The molecule has 0 saturated heterocycles. The highest BCUT2D eigenvalue weighted by atomic mass is 16.5. The molecule has 0 rings (SSSR count). The first-order valence-electron chi connectivity index (χ1n) is 21.1. The molecule has 0 aromatic rings. The monoisotopic (exact) mass is 725 g/mol. The summed E-state index contributed by atoms with van der Waals surface area (Å²) in [5, 5.41) is 0. The summed E-state index contributed by atoms with van der Waals surface area (Å²) in [6, 6.07) is 0. The highest BCUT2D eigenvalue weighted by Gasteiger charge is 2.13. The van der Waals surface area contributed by atoms with Crippen molar-refractivity contribution in [1.29, 1.82) is 0 Å². The van der Waals surface area contributed by atoms with Crippen molar-refractivity contribution < 1.29 is 19.1 Å². The second kappa shape index (κ2) is 41.1. The van der Waals surface area contributed by atoms with Gasteiger partial charge in [0.2, 0.25) is 0 Å². The van der Waals surface area contributed by atoms with Crippen LogP contribution >= 0.6 is 0 Å². The zero-order chi connectivity index (χ0) is 38.0. The van der Waals surface area contributed by atoms with Gasteiger partial charge in [0.25, 0.3) is 0 Å². The summed E-state index contributed by atoms with van der Waals surface area (Å²) in [6.45, 7) is 8.21. The minimum atomic E-state index is -0.146. The lowest BCUT2D eigenvalue weighted by Crippen LogP contribution is -2.35. The first-order chi connectivity index (χ1) is 25.5. The lowest BCUT2D eigenvalue weighted by Gasteiger charge is -2.23. The van der Waals surface area contributed by atoms with Crippen LogP contribution < -0.4 is 0 Å². The maximum atomic E-state index is 12.4. The zero-order valence-corrected chi connectivity index (χ0v) is 34.3. The van der Waals surface area contributed by atoms with Crippen LogP contribution in [-0.2, 0) is 19.1 Å². The van der Waals surface area contributed by atoms with Crippen molar-refractivity contribution in [2.45, 2.75) is 155 Å². The van der Waals surface area contributed by atoms with E-state index < -0.39 is 0 Å². The van der Waals surface area contributed by atoms with Gasteiger partial charge in [0, 0.05) is 26.2 Å². The summed E-state index contributed by atoms with van der Waals surface area (Å²) in [5.41, 5.74) is 0. The molecule has 6 nitrogen and oxygen atoms in total. The Morgan fingerprint density at radius 2 is 0.769 bits per heavy atom. The van der Waals surface area contributed by atoms with E-state index in [9.17, 15) is 9.59 Å². The molecule has 0 aliphatic heterocycles. The van der Waals surface area contributed by atoms with Crippen LogP contribution in [0.25, 0.3) is 0 Å². The average Bonchev–Trinajstić information content (AvgIpc) is 3.13. The molecule has 0 aliphatic rings. The summed E-state index contributed by atoms with van der Waals surface area (Å²) in [4.78, 5) is 29.1. The standard InChI is InChI=1S/C46H80N2O4/c1-5-7-9-11-13-15-17-19-21-23-25-27-29-31-33-35-43-51-45(49)37-39-48(42-41-47(3)4)40-38-46(50)52-44-36-34-32-30-28-26-24-22-20-18-16-14-12-10-8-6-2/h7-10,13-16,19-22H,5-6,11-12,17-18,23-44H2,1-4H3/b9-7-,10-8-,15-13-,16-14-,21-19-,22-20-. The lowest BCUT2D eigenvalue weighted by atomic mass is 10.1. The van der Waals surface area contributed by atoms with Crippen LogP contribution in [0.4, 0.5) is 0 Å². The smallest absolute Gasteiger partial charge is 0.307 e. The van der Waals surface area contributed by atoms with Gasteiger partial charge in [-0.15, -0.1) is 0 Å². The Bertz CT molecular complexity index is 907. The number of rotatable bonds is 37. The Kier molecular flexibility index (Phi) is 38.9. The summed E-state index contributed by atoms with van der Waals surface area (Å²) < 4.78 is 11.0. The fourth-order valence-corrected chi connectivity index (χ4v) is 5.49. The number of carbonyl (C=O) groups is 2. The van der Waals surface area contributed by atoms with E-state index in [1.165, 1.54) is 51.4 Å². The van der Waals surface area contributed by atoms with Gasteiger partial charge in [-0.25, -0.2) is 0 Å². The fraction of sp³-hybridized carbons (Fsp3) is 0.696. The number of hydrogen-bond donors (Lipinski definition) is 0. The quantitative estimate of drug-likeness (QED) is 0.0361. The third kappa shape index (κ3) is 40.1. The van der Waals surface area contributed by atoms with E-state index in [1.807, 2.05) is 14.1 Å². The molecule has 0 N–H and O–H groups in total. The summed E-state index contributed by atoms with van der Waals surface area (Å²) in [7, 11) is 4.08. The van der Waals surface area contributed by atoms with E-state index in [4.69, 9.17) is 9.47 Å². The van der Waals surface area contributed by atoms with Crippen molar-refractivity contribution in [3.63, 3.8) is 0 Å². The first kappa shape index (κ1) is 49.3. The number of carbonyl (C=O) groups excluding carboxylic acids is 2. The van der Waals surface area contributed by atoms with Crippen molar-refractivity contribution in [2.24, 2.45) is 0 Å². The molecule has 0 fully saturated rings. The topological polar surface area (TPSA) is 59.1 Å². The van der Waals surface area contributed by atoms with E-state index >= 15 is 0 Å². The Hall–Kier alpha value is -2.70. The van der Waals surface area contributed by atoms with Crippen LogP contribution in [0.3, 0.4) is 0 Å². The molecule has 0 unspecified atom stereocenters. The van der Waals surface area contributed by atoms with Crippen molar-refractivity contribution in [3.05, 3.63) is 72.9 Å². The molecule has 6 heteroatoms. The Balaban J connectivity index is 3.86. The largest absolute Gasteiger partial charge is 0.466 e. The van der Waals surface area contributed by atoms with E-state index in [0.29, 0.717) is 39.1 Å². The third-order valence-corrected chi connectivity index (χ3v) is 8.74. The number of ether oxygens (including phenoxy) is 2. The number of hydrogen-bond acceptors (Lipinski definition) is 6. The van der Waals surface area contributed by atoms with Crippen LogP contribution in [0.5, 0.6) is 0 Å². The Labute approximate surface area is 321 Å². The molecule has 0 bridgehead atoms. The van der Waals surface area contributed by atoms with Crippen LogP contribution in [0.2, 0.25) is 0 Å². The number of esters is 2. The van der Waals surface area contributed by atoms with Crippen molar-refractivity contribution in [1.82, 2.24) is 9.80 Å². The predicted octanol–water partition coefficient (Wildman–Crippen LogP) is 11.9. The molecule has 0 atom stereocenters. The fourth-order valence-electron chi connectivity index (χ4n) is 5.49.